The average molecular weight is 222 g/mol. The molecule has 1 saturated heterocycles. The van der Waals surface area contributed by atoms with Crippen LogP contribution in [0.15, 0.2) is 23.1 Å². The minimum Gasteiger partial charge on any atom is -0.386 e. The lowest BCUT2D eigenvalue weighted by atomic mass is 9.96. The molecule has 0 spiro atoms. The number of aryl methyl sites for hydroxylation is 1. The lowest BCUT2D eigenvalue weighted by Crippen LogP contribution is -2.61. The number of aliphatic hydroxyl groups is 1. The van der Waals surface area contributed by atoms with Crippen molar-refractivity contribution in [3.63, 3.8) is 0 Å². The molecule has 2 rings (SSSR count). The maximum absolute atomic E-state index is 11.8. The monoisotopic (exact) mass is 222 g/mol. The maximum atomic E-state index is 11.8. The van der Waals surface area contributed by atoms with E-state index in [9.17, 15) is 14.7 Å². The molecule has 0 aromatic carbocycles. The fourth-order valence-corrected chi connectivity index (χ4v) is 1.78. The Hall–Kier alpha value is -1.62. The molecule has 0 saturated carbocycles. The predicted molar refractivity (Wildman–Crippen MR) is 58.2 cm³/mol. The second-order valence-corrected chi connectivity index (χ2v) is 4.52. The summed E-state index contributed by atoms with van der Waals surface area (Å²) in [6.45, 7) is 2.32. The van der Waals surface area contributed by atoms with E-state index in [1.165, 1.54) is 15.5 Å². The van der Waals surface area contributed by atoms with Crippen molar-refractivity contribution in [3.8, 4) is 0 Å². The molecule has 0 aliphatic carbocycles. The van der Waals surface area contributed by atoms with Gasteiger partial charge in [0.05, 0.1) is 18.7 Å². The minimum atomic E-state index is -0.782. The Kier molecular flexibility index (Phi) is 2.35. The highest BCUT2D eigenvalue weighted by Crippen LogP contribution is 2.21. The number of pyridine rings is 1. The fourth-order valence-electron chi connectivity index (χ4n) is 1.78. The summed E-state index contributed by atoms with van der Waals surface area (Å²) in [5.74, 6) is -0.204. The van der Waals surface area contributed by atoms with Gasteiger partial charge in [-0.1, -0.05) is 0 Å². The van der Waals surface area contributed by atoms with Crippen molar-refractivity contribution in [1.82, 2.24) is 9.47 Å². The zero-order valence-electron chi connectivity index (χ0n) is 9.30. The van der Waals surface area contributed by atoms with E-state index in [1.807, 2.05) is 0 Å². The van der Waals surface area contributed by atoms with Gasteiger partial charge in [-0.25, -0.2) is 0 Å². The van der Waals surface area contributed by atoms with Crippen LogP contribution in [0.1, 0.15) is 17.3 Å². The number of carbonyl (C=O) groups is 1. The highest BCUT2D eigenvalue weighted by atomic mass is 16.3. The zero-order valence-corrected chi connectivity index (χ0v) is 9.30. The highest BCUT2D eigenvalue weighted by molar-refractivity contribution is 5.94. The molecule has 16 heavy (non-hydrogen) atoms. The first-order valence-corrected chi connectivity index (χ1v) is 5.07. The molecule has 1 aromatic heterocycles. The second kappa shape index (κ2) is 3.45. The molecular weight excluding hydrogens is 208 g/mol. The number of rotatable bonds is 1. The summed E-state index contributed by atoms with van der Waals surface area (Å²) in [6.07, 6.45) is 1.56. The van der Waals surface area contributed by atoms with Crippen LogP contribution in [0.5, 0.6) is 0 Å². The van der Waals surface area contributed by atoms with Gasteiger partial charge in [0.2, 0.25) is 0 Å². The molecule has 0 unspecified atom stereocenters. The van der Waals surface area contributed by atoms with Gasteiger partial charge < -0.3 is 14.6 Å². The van der Waals surface area contributed by atoms with Crippen LogP contribution < -0.4 is 5.56 Å². The van der Waals surface area contributed by atoms with E-state index in [0.29, 0.717) is 18.7 Å². The Balaban J connectivity index is 2.17. The summed E-state index contributed by atoms with van der Waals surface area (Å²) in [4.78, 5) is 24.7. The van der Waals surface area contributed by atoms with Crippen LogP contribution >= 0.6 is 0 Å². The first kappa shape index (κ1) is 10.9. The van der Waals surface area contributed by atoms with Crippen LogP contribution in [0.4, 0.5) is 0 Å². The van der Waals surface area contributed by atoms with Gasteiger partial charge in [-0.2, -0.15) is 0 Å². The van der Waals surface area contributed by atoms with E-state index in [-0.39, 0.29) is 11.5 Å². The number of likely N-dealkylation sites (tertiary alicyclic amines) is 1. The fraction of sp³-hybridized carbons (Fsp3) is 0.455. The zero-order chi connectivity index (χ0) is 11.9. The summed E-state index contributed by atoms with van der Waals surface area (Å²) in [6, 6.07) is 2.92. The van der Waals surface area contributed by atoms with Gasteiger partial charge in [-0.3, -0.25) is 9.59 Å². The van der Waals surface area contributed by atoms with E-state index in [2.05, 4.69) is 0 Å². The van der Waals surface area contributed by atoms with Crippen molar-refractivity contribution in [2.75, 3.05) is 13.1 Å². The lowest BCUT2D eigenvalue weighted by molar-refractivity contribution is -0.0668. The van der Waals surface area contributed by atoms with Crippen LogP contribution in [0.25, 0.3) is 0 Å². The second-order valence-electron chi connectivity index (χ2n) is 4.52. The van der Waals surface area contributed by atoms with Gasteiger partial charge in [0.15, 0.2) is 0 Å². The molecular formula is C11H14N2O3. The molecule has 2 heterocycles. The predicted octanol–water partition coefficient (Wildman–Crippen LogP) is -0.408. The molecule has 1 amide bonds. The topological polar surface area (TPSA) is 62.5 Å². The largest absolute Gasteiger partial charge is 0.386 e. The van der Waals surface area contributed by atoms with E-state index >= 15 is 0 Å². The summed E-state index contributed by atoms with van der Waals surface area (Å²) in [5.41, 5.74) is -0.619. The van der Waals surface area contributed by atoms with E-state index in [4.69, 9.17) is 0 Å². The van der Waals surface area contributed by atoms with E-state index in [0.717, 1.165) is 0 Å². The summed E-state index contributed by atoms with van der Waals surface area (Å²) < 4.78 is 1.41. The van der Waals surface area contributed by atoms with Gasteiger partial charge in [0, 0.05) is 24.9 Å². The minimum absolute atomic E-state index is 0.204. The van der Waals surface area contributed by atoms with Crippen molar-refractivity contribution < 1.29 is 9.90 Å². The number of β-amino-alcohol motifs (C(OH)–C–C–N with tert-alkyl or cyclic N) is 1. The number of carbonyl (C=O) groups excluding carboxylic acids is 1. The lowest BCUT2D eigenvalue weighted by Gasteiger charge is -2.44. The Morgan fingerprint density at radius 2 is 2.12 bits per heavy atom. The third kappa shape index (κ3) is 1.86. The molecule has 86 valence electrons. The number of aromatic nitrogens is 1. The van der Waals surface area contributed by atoms with E-state index < -0.39 is 5.60 Å². The van der Waals surface area contributed by atoms with Crippen LogP contribution in [-0.4, -0.2) is 39.2 Å². The van der Waals surface area contributed by atoms with Crippen molar-refractivity contribution >= 4 is 5.91 Å². The molecule has 0 bridgehead atoms. The van der Waals surface area contributed by atoms with Gasteiger partial charge in [0.1, 0.15) is 0 Å². The quantitative estimate of drug-likeness (QED) is 0.702. The molecule has 0 radical (unpaired) electrons. The van der Waals surface area contributed by atoms with Crippen LogP contribution in [0.2, 0.25) is 0 Å². The summed E-state index contributed by atoms with van der Waals surface area (Å²) >= 11 is 0. The molecule has 1 aromatic rings. The third-order valence-electron chi connectivity index (χ3n) is 2.70. The molecule has 0 atom stereocenters. The molecule has 5 nitrogen and oxygen atoms in total. The third-order valence-corrected chi connectivity index (χ3v) is 2.70. The van der Waals surface area contributed by atoms with Crippen molar-refractivity contribution in [2.24, 2.45) is 7.05 Å². The molecule has 1 aliphatic heterocycles. The maximum Gasteiger partial charge on any atom is 0.254 e. The Bertz CT molecular complexity index is 482. The normalized spacial score (nSPS) is 18.1. The van der Waals surface area contributed by atoms with Crippen molar-refractivity contribution in [2.45, 2.75) is 12.5 Å². The van der Waals surface area contributed by atoms with Gasteiger partial charge in [0.25, 0.3) is 11.5 Å². The van der Waals surface area contributed by atoms with Crippen LogP contribution in [0, 0.1) is 0 Å². The summed E-state index contributed by atoms with van der Waals surface area (Å²) in [7, 11) is 1.63. The van der Waals surface area contributed by atoms with Gasteiger partial charge in [-0.05, 0) is 13.0 Å². The number of hydrogen-bond acceptors (Lipinski definition) is 3. The molecule has 5 heteroatoms. The Morgan fingerprint density at radius 3 is 2.62 bits per heavy atom. The first-order chi connectivity index (χ1) is 7.39. The standard InChI is InChI=1S/C11H14N2O3/c1-11(16)6-13(7-11)10(15)8-3-4-12(2)9(14)5-8/h3-5,16H,6-7H2,1-2H3. The highest BCUT2D eigenvalue weighted by Gasteiger charge is 2.39. The first-order valence-electron chi connectivity index (χ1n) is 5.07. The van der Waals surface area contributed by atoms with Crippen LogP contribution in [0.3, 0.4) is 0 Å². The number of nitrogens with zero attached hydrogens (tertiary/aromatic N) is 2. The Labute approximate surface area is 92.9 Å². The van der Waals surface area contributed by atoms with Gasteiger partial charge >= 0.3 is 0 Å². The number of amides is 1. The van der Waals surface area contributed by atoms with Crippen LogP contribution in [-0.2, 0) is 7.05 Å². The average Bonchev–Trinajstić information content (AvgIpc) is 2.17. The molecule has 1 aliphatic rings. The summed E-state index contributed by atoms with van der Waals surface area (Å²) in [5, 5.41) is 9.52. The van der Waals surface area contributed by atoms with Gasteiger partial charge in [-0.15, -0.1) is 0 Å². The smallest absolute Gasteiger partial charge is 0.254 e. The van der Waals surface area contributed by atoms with E-state index in [1.54, 1.807) is 26.2 Å². The van der Waals surface area contributed by atoms with Crippen molar-refractivity contribution in [1.29, 1.82) is 0 Å². The molecule has 1 N–H and O–H groups in total. The SMILES string of the molecule is Cn1ccc(C(=O)N2CC(C)(O)C2)cc1=O. The number of hydrogen-bond donors (Lipinski definition) is 1. The Morgan fingerprint density at radius 1 is 1.50 bits per heavy atom. The molecule has 1 fully saturated rings. The van der Waals surface area contributed by atoms with Crippen molar-refractivity contribution in [3.05, 3.63) is 34.2 Å².